The Bertz CT molecular complexity index is 429. The van der Waals surface area contributed by atoms with Gasteiger partial charge in [-0.05, 0) is 37.0 Å². The predicted molar refractivity (Wildman–Crippen MR) is 72.8 cm³/mol. The van der Waals surface area contributed by atoms with Crippen LogP contribution in [0.4, 0.5) is 5.69 Å². The fourth-order valence-corrected chi connectivity index (χ4v) is 2.14. The van der Waals surface area contributed by atoms with Crippen LogP contribution in [0.2, 0.25) is 0 Å². The highest BCUT2D eigenvalue weighted by molar-refractivity contribution is 9.10. The molecule has 2 rings (SSSR count). The predicted octanol–water partition coefficient (Wildman–Crippen LogP) is 2.82. The molecule has 1 aliphatic rings. The topological polar surface area (TPSA) is 55.1 Å². The molecule has 0 bridgehead atoms. The van der Waals surface area contributed by atoms with Crippen molar-refractivity contribution in [3.63, 3.8) is 0 Å². The minimum absolute atomic E-state index is 0.0851. The molecule has 0 radical (unpaired) electrons. The third kappa shape index (κ3) is 3.54. The van der Waals surface area contributed by atoms with E-state index in [-0.39, 0.29) is 11.9 Å². The van der Waals surface area contributed by atoms with E-state index in [1.54, 1.807) is 0 Å². The fraction of sp³-hybridized carbons (Fsp3) is 0.462. The van der Waals surface area contributed by atoms with Crippen molar-refractivity contribution >= 4 is 27.5 Å². The molecule has 1 saturated carbocycles. The second-order valence-corrected chi connectivity index (χ2v) is 5.65. The van der Waals surface area contributed by atoms with Crippen LogP contribution in [0, 0.1) is 12.8 Å². The van der Waals surface area contributed by atoms with Gasteiger partial charge in [0.2, 0.25) is 5.91 Å². The van der Waals surface area contributed by atoms with Gasteiger partial charge in [0.1, 0.15) is 0 Å². The molecule has 1 amide bonds. The number of benzene rings is 1. The average molecular weight is 297 g/mol. The van der Waals surface area contributed by atoms with Gasteiger partial charge in [0.05, 0.1) is 6.04 Å². The summed E-state index contributed by atoms with van der Waals surface area (Å²) in [5.41, 5.74) is 7.74. The first-order valence-electron chi connectivity index (χ1n) is 5.89. The molecule has 1 aromatic carbocycles. The largest absolute Gasteiger partial charge is 0.324 e. The summed E-state index contributed by atoms with van der Waals surface area (Å²) in [6.07, 6.45) is 3.24. The number of carbonyl (C=O) groups excluding carboxylic acids is 1. The van der Waals surface area contributed by atoms with Crippen LogP contribution in [0.1, 0.15) is 24.8 Å². The molecule has 1 fully saturated rings. The Morgan fingerprint density at radius 3 is 2.94 bits per heavy atom. The van der Waals surface area contributed by atoms with Gasteiger partial charge in [0.25, 0.3) is 0 Å². The Labute approximate surface area is 110 Å². The number of hydrogen-bond donors (Lipinski definition) is 2. The Balaban J connectivity index is 1.98. The number of amides is 1. The average Bonchev–Trinajstić information content (AvgIpc) is 3.07. The minimum atomic E-state index is -0.388. The molecule has 3 nitrogen and oxygen atoms in total. The molecule has 0 spiro atoms. The van der Waals surface area contributed by atoms with Gasteiger partial charge in [-0.2, -0.15) is 0 Å². The van der Waals surface area contributed by atoms with Crippen molar-refractivity contribution in [1.29, 1.82) is 0 Å². The number of nitrogens with two attached hydrogens (primary N) is 1. The number of carbonyl (C=O) groups is 1. The first-order chi connectivity index (χ1) is 8.06. The molecule has 0 aliphatic heterocycles. The van der Waals surface area contributed by atoms with E-state index in [2.05, 4.69) is 21.2 Å². The van der Waals surface area contributed by atoms with Crippen molar-refractivity contribution in [1.82, 2.24) is 0 Å². The van der Waals surface area contributed by atoms with Crippen LogP contribution in [0.15, 0.2) is 22.7 Å². The van der Waals surface area contributed by atoms with Crippen LogP contribution < -0.4 is 11.1 Å². The normalized spacial score (nSPS) is 16.6. The SMILES string of the molecule is Cc1ccc(Br)cc1NC(=O)C(N)CC1CC1. The minimum Gasteiger partial charge on any atom is -0.324 e. The summed E-state index contributed by atoms with van der Waals surface area (Å²) in [7, 11) is 0. The number of anilines is 1. The van der Waals surface area contributed by atoms with Crippen molar-refractivity contribution in [2.24, 2.45) is 11.7 Å². The highest BCUT2D eigenvalue weighted by atomic mass is 79.9. The Morgan fingerprint density at radius 1 is 1.59 bits per heavy atom. The lowest BCUT2D eigenvalue weighted by Gasteiger charge is -2.13. The molecule has 1 atom stereocenters. The standard InChI is InChI=1S/C13H17BrN2O/c1-8-2-5-10(14)7-12(8)16-13(17)11(15)6-9-3-4-9/h2,5,7,9,11H,3-4,6,15H2,1H3,(H,16,17). The van der Waals surface area contributed by atoms with E-state index < -0.39 is 0 Å². The number of halogens is 1. The van der Waals surface area contributed by atoms with Gasteiger partial charge in [-0.1, -0.05) is 34.8 Å². The van der Waals surface area contributed by atoms with E-state index in [0.29, 0.717) is 5.92 Å². The maximum absolute atomic E-state index is 11.9. The Kier molecular flexibility index (Phi) is 3.84. The highest BCUT2D eigenvalue weighted by Crippen LogP contribution is 2.33. The van der Waals surface area contributed by atoms with Gasteiger partial charge in [0.15, 0.2) is 0 Å². The summed E-state index contributed by atoms with van der Waals surface area (Å²) < 4.78 is 0.953. The molecule has 4 heteroatoms. The first kappa shape index (κ1) is 12.6. The summed E-state index contributed by atoms with van der Waals surface area (Å²) in [6, 6.07) is 5.43. The quantitative estimate of drug-likeness (QED) is 0.898. The van der Waals surface area contributed by atoms with Crippen molar-refractivity contribution in [2.75, 3.05) is 5.32 Å². The summed E-state index contributed by atoms with van der Waals surface area (Å²) in [6.45, 7) is 1.97. The lowest BCUT2D eigenvalue weighted by molar-refractivity contribution is -0.117. The van der Waals surface area contributed by atoms with Gasteiger partial charge >= 0.3 is 0 Å². The molecular weight excluding hydrogens is 280 g/mol. The lowest BCUT2D eigenvalue weighted by Crippen LogP contribution is -2.36. The van der Waals surface area contributed by atoms with Crippen LogP contribution in [-0.4, -0.2) is 11.9 Å². The number of rotatable bonds is 4. The van der Waals surface area contributed by atoms with Crippen LogP contribution in [0.5, 0.6) is 0 Å². The van der Waals surface area contributed by atoms with Crippen LogP contribution in [0.3, 0.4) is 0 Å². The van der Waals surface area contributed by atoms with Crippen LogP contribution in [-0.2, 0) is 4.79 Å². The molecule has 3 N–H and O–H groups in total. The second kappa shape index (κ2) is 5.19. The zero-order chi connectivity index (χ0) is 12.4. The zero-order valence-corrected chi connectivity index (χ0v) is 11.5. The molecule has 1 unspecified atom stereocenters. The van der Waals surface area contributed by atoms with Gasteiger partial charge in [-0.25, -0.2) is 0 Å². The third-order valence-electron chi connectivity index (χ3n) is 3.08. The summed E-state index contributed by atoms with van der Waals surface area (Å²) >= 11 is 3.39. The zero-order valence-electron chi connectivity index (χ0n) is 9.87. The number of hydrogen-bond acceptors (Lipinski definition) is 2. The fourth-order valence-electron chi connectivity index (χ4n) is 1.77. The maximum Gasteiger partial charge on any atom is 0.241 e. The highest BCUT2D eigenvalue weighted by Gasteiger charge is 2.27. The van der Waals surface area contributed by atoms with Gasteiger partial charge in [0, 0.05) is 10.2 Å². The lowest BCUT2D eigenvalue weighted by atomic mass is 10.1. The summed E-state index contributed by atoms with van der Waals surface area (Å²) in [5, 5.41) is 2.89. The summed E-state index contributed by atoms with van der Waals surface area (Å²) in [5.74, 6) is 0.581. The van der Waals surface area contributed by atoms with Crippen molar-refractivity contribution in [2.45, 2.75) is 32.2 Å². The van der Waals surface area contributed by atoms with Crippen LogP contribution >= 0.6 is 15.9 Å². The van der Waals surface area contributed by atoms with E-state index in [1.165, 1.54) is 12.8 Å². The molecule has 1 aromatic rings. The number of aryl methyl sites for hydroxylation is 1. The monoisotopic (exact) mass is 296 g/mol. The smallest absolute Gasteiger partial charge is 0.241 e. The van der Waals surface area contributed by atoms with Crippen molar-refractivity contribution in [3.05, 3.63) is 28.2 Å². The molecule has 92 valence electrons. The van der Waals surface area contributed by atoms with E-state index in [9.17, 15) is 4.79 Å². The third-order valence-corrected chi connectivity index (χ3v) is 3.57. The van der Waals surface area contributed by atoms with E-state index >= 15 is 0 Å². The van der Waals surface area contributed by atoms with E-state index in [1.807, 2.05) is 25.1 Å². The molecule has 0 heterocycles. The molecular formula is C13H17BrN2O. The summed E-state index contributed by atoms with van der Waals surface area (Å²) in [4.78, 5) is 11.9. The molecule has 0 aromatic heterocycles. The second-order valence-electron chi connectivity index (χ2n) is 4.73. The van der Waals surface area contributed by atoms with Crippen LogP contribution in [0.25, 0.3) is 0 Å². The molecule has 1 aliphatic carbocycles. The maximum atomic E-state index is 11.9. The van der Waals surface area contributed by atoms with E-state index in [4.69, 9.17) is 5.73 Å². The van der Waals surface area contributed by atoms with E-state index in [0.717, 1.165) is 22.1 Å². The van der Waals surface area contributed by atoms with Gasteiger partial charge < -0.3 is 11.1 Å². The molecule has 17 heavy (non-hydrogen) atoms. The van der Waals surface area contributed by atoms with Gasteiger partial charge in [-0.3, -0.25) is 4.79 Å². The first-order valence-corrected chi connectivity index (χ1v) is 6.68. The Morgan fingerprint density at radius 2 is 2.29 bits per heavy atom. The molecule has 0 saturated heterocycles. The van der Waals surface area contributed by atoms with Crippen molar-refractivity contribution in [3.8, 4) is 0 Å². The Hall–Kier alpha value is -0.870. The van der Waals surface area contributed by atoms with Crippen molar-refractivity contribution < 1.29 is 4.79 Å². The number of nitrogens with one attached hydrogen (secondary N) is 1. The van der Waals surface area contributed by atoms with Gasteiger partial charge in [-0.15, -0.1) is 0 Å².